The third-order valence-electron chi connectivity index (χ3n) is 3.50. The van der Waals surface area contributed by atoms with E-state index in [1.165, 1.54) is 23.8 Å². The maximum absolute atomic E-state index is 5.66. The van der Waals surface area contributed by atoms with E-state index in [2.05, 4.69) is 34.7 Å². The third-order valence-corrected chi connectivity index (χ3v) is 3.50. The monoisotopic (exact) mass is 227 g/mol. The highest BCUT2D eigenvalue weighted by Gasteiger charge is 2.25. The SMILES string of the molecule is NNC(CC1CC1)c1ccc2ncccc2c1. The molecule has 1 aliphatic carbocycles. The highest BCUT2D eigenvalue weighted by molar-refractivity contribution is 5.79. The number of hydrogen-bond donors (Lipinski definition) is 2. The molecule has 1 unspecified atom stereocenters. The van der Waals surface area contributed by atoms with Crippen LogP contribution >= 0.6 is 0 Å². The van der Waals surface area contributed by atoms with Crippen LogP contribution in [0.3, 0.4) is 0 Å². The lowest BCUT2D eigenvalue weighted by molar-refractivity contribution is 0.487. The van der Waals surface area contributed by atoms with Crippen LogP contribution in [0.2, 0.25) is 0 Å². The molecule has 0 bridgehead atoms. The molecule has 3 heteroatoms. The van der Waals surface area contributed by atoms with E-state index in [1.807, 2.05) is 12.3 Å². The number of hydrogen-bond acceptors (Lipinski definition) is 3. The molecule has 88 valence electrons. The lowest BCUT2D eigenvalue weighted by Crippen LogP contribution is -2.28. The van der Waals surface area contributed by atoms with Gasteiger partial charge in [0.2, 0.25) is 0 Å². The van der Waals surface area contributed by atoms with E-state index in [4.69, 9.17) is 5.84 Å². The van der Waals surface area contributed by atoms with Crippen molar-refractivity contribution in [2.45, 2.75) is 25.3 Å². The van der Waals surface area contributed by atoms with Crippen molar-refractivity contribution in [1.82, 2.24) is 10.4 Å². The predicted octanol–water partition coefficient (Wildman–Crippen LogP) is 2.54. The van der Waals surface area contributed by atoms with Crippen LogP contribution in [-0.2, 0) is 0 Å². The average Bonchev–Trinajstić information content (AvgIpc) is 3.19. The van der Waals surface area contributed by atoms with Gasteiger partial charge in [0.05, 0.1) is 5.52 Å². The normalized spacial score (nSPS) is 17.2. The van der Waals surface area contributed by atoms with Crippen LogP contribution in [0.5, 0.6) is 0 Å². The smallest absolute Gasteiger partial charge is 0.0702 e. The Labute approximate surface area is 101 Å². The van der Waals surface area contributed by atoms with Gasteiger partial charge in [-0.05, 0) is 36.1 Å². The first kappa shape index (κ1) is 10.7. The lowest BCUT2D eigenvalue weighted by Gasteiger charge is -2.16. The molecule has 1 fully saturated rings. The van der Waals surface area contributed by atoms with Crippen LogP contribution in [0, 0.1) is 5.92 Å². The highest BCUT2D eigenvalue weighted by Crippen LogP contribution is 2.37. The van der Waals surface area contributed by atoms with Crippen molar-refractivity contribution in [2.75, 3.05) is 0 Å². The van der Waals surface area contributed by atoms with Gasteiger partial charge >= 0.3 is 0 Å². The van der Waals surface area contributed by atoms with E-state index in [0.717, 1.165) is 17.9 Å². The van der Waals surface area contributed by atoms with Gasteiger partial charge in [-0.3, -0.25) is 16.3 Å². The van der Waals surface area contributed by atoms with E-state index in [1.54, 1.807) is 0 Å². The molecular weight excluding hydrogens is 210 g/mol. The summed E-state index contributed by atoms with van der Waals surface area (Å²) in [5.41, 5.74) is 5.24. The molecule has 1 saturated carbocycles. The predicted molar refractivity (Wildman–Crippen MR) is 69.1 cm³/mol. The van der Waals surface area contributed by atoms with Crippen molar-refractivity contribution in [1.29, 1.82) is 0 Å². The number of aromatic nitrogens is 1. The summed E-state index contributed by atoms with van der Waals surface area (Å²) in [5, 5.41) is 1.18. The second kappa shape index (κ2) is 4.43. The molecule has 0 spiro atoms. The van der Waals surface area contributed by atoms with E-state index in [9.17, 15) is 0 Å². The van der Waals surface area contributed by atoms with Crippen LogP contribution in [0.1, 0.15) is 30.9 Å². The van der Waals surface area contributed by atoms with Gasteiger partial charge in [-0.1, -0.05) is 25.0 Å². The Morgan fingerprint density at radius 2 is 2.24 bits per heavy atom. The first-order valence-corrected chi connectivity index (χ1v) is 6.17. The van der Waals surface area contributed by atoms with Crippen LogP contribution < -0.4 is 11.3 Å². The molecule has 0 saturated heterocycles. The largest absolute Gasteiger partial charge is 0.271 e. The summed E-state index contributed by atoms with van der Waals surface area (Å²) in [7, 11) is 0. The molecule has 3 nitrogen and oxygen atoms in total. The summed E-state index contributed by atoms with van der Waals surface area (Å²) in [6.07, 6.45) is 5.67. The van der Waals surface area contributed by atoms with E-state index in [-0.39, 0.29) is 6.04 Å². The van der Waals surface area contributed by atoms with Gasteiger partial charge in [-0.25, -0.2) is 0 Å². The van der Waals surface area contributed by atoms with Crippen LogP contribution in [0.25, 0.3) is 10.9 Å². The van der Waals surface area contributed by atoms with Gasteiger partial charge in [0.1, 0.15) is 0 Å². The fraction of sp³-hybridized carbons (Fsp3) is 0.357. The van der Waals surface area contributed by atoms with Gasteiger partial charge in [0.15, 0.2) is 0 Å². The lowest BCUT2D eigenvalue weighted by atomic mass is 10.00. The van der Waals surface area contributed by atoms with Gasteiger partial charge in [-0.15, -0.1) is 0 Å². The summed E-state index contributed by atoms with van der Waals surface area (Å²) >= 11 is 0. The molecule has 17 heavy (non-hydrogen) atoms. The number of rotatable bonds is 4. The molecular formula is C14H17N3. The van der Waals surface area contributed by atoms with Gasteiger partial charge in [-0.2, -0.15) is 0 Å². The molecule has 3 rings (SSSR count). The molecule has 1 aliphatic rings. The molecule has 1 aromatic carbocycles. The summed E-state index contributed by atoms with van der Waals surface area (Å²) in [6, 6.07) is 10.7. The van der Waals surface area contributed by atoms with Gasteiger partial charge < -0.3 is 0 Å². The maximum Gasteiger partial charge on any atom is 0.0702 e. The second-order valence-corrected chi connectivity index (χ2v) is 4.85. The van der Waals surface area contributed by atoms with Gasteiger partial charge in [0, 0.05) is 17.6 Å². The Bertz CT molecular complexity index is 520. The molecule has 0 amide bonds. The maximum atomic E-state index is 5.66. The molecule has 0 radical (unpaired) electrons. The van der Waals surface area contributed by atoms with Crippen LogP contribution in [0.15, 0.2) is 36.5 Å². The van der Waals surface area contributed by atoms with Crippen LogP contribution in [-0.4, -0.2) is 4.98 Å². The first-order chi connectivity index (χ1) is 8.36. The fourth-order valence-electron chi connectivity index (χ4n) is 2.30. The molecule has 1 aromatic heterocycles. The number of hydrazine groups is 1. The van der Waals surface area contributed by atoms with E-state index < -0.39 is 0 Å². The fourth-order valence-corrected chi connectivity index (χ4v) is 2.30. The average molecular weight is 227 g/mol. The van der Waals surface area contributed by atoms with E-state index in [0.29, 0.717) is 0 Å². The Hall–Kier alpha value is -1.45. The van der Waals surface area contributed by atoms with Crippen LogP contribution in [0.4, 0.5) is 0 Å². The standard InChI is InChI=1S/C14H17N3/c15-17-14(8-10-3-4-10)12-5-6-13-11(9-12)2-1-7-16-13/h1-2,5-7,9-10,14,17H,3-4,8,15H2. The summed E-state index contributed by atoms with van der Waals surface area (Å²) in [6.45, 7) is 0. The molecule has 0 aliphatic heterocycles. The zero-order valence-electron chi connectivity index (χ0n) is 9.76. The second-order valence-electron chi connectivity index (χ2n) is 4.85. The number of benzene rings is 1. The van der Waals surface area contributed by atoms with Crippen molar-refractivity contribution < 1.29 is 0 Å². The minimum atomic E-state index is 0.270. The van der Waals surface area contributed by atoms with Gasteiger partial charge in [0.25, 0.3) is 0 Å². The topological polar surface area (TPSA) is 50.9 Å². The van der Waals surface area contributed by atoms with Crippen molar-refractivity contribution in [3.8, 4) is 0 Å². The zero-order chi connectivity index (χ0) is 11.7. The third kappa shape index (κ3) is 2.30. The van der Waals surface area contributed by atoms with Crippen molar-refractivity contribution in [3.63, 3.8) is 0 Å². The molecule has 1 atom stereocenters. The quantitative estimate of drug-likeness (QED) is 0.623. The summed E-state index contributed by atoms with van der Waals surface area (Å²) in [5.74, 6) is 6.52. The molecule has 3 N–H and O–H groups in total. The van der Waals surface area contributed by atoms with E-state index >= 15 is 0 Å². The number of fused-ring (bicyclic) bond motifs is 1. The Morgan fingerprint density at radius 1 is 1.35 bits per heavy atom. The minimum absolute atomic E-state index is 0.270. The summed E-state index contributed by atoms with van der Waals surface area (Å²) < 4.78 is 0. The van der Waals surface area contributed by atoms with Crippen molar-refractivity contribution in [2.24, 2.45) is 11.8 Å². The van der Waals surface area contributed by atoms with Crippen molar-refractivity contribution >= 4 is 10.9 Å². The number of nitrogens with zero attached hydrogens (tertiary/aromatic N) is 1. The summed E-state index contributed by atoms with van der Waals surface area (Å²) in [4.78, 5) is 4.33. The number of nitrogens with one attached hydrogen (secondary N) is 1. The number of pyridine rings is 1. The number of nitrogens with two attached hydrogens (primary N) is 1. The molecule has 1 heterocycles. The Balaban J connectivity index is 1.92. The zero-order valence-corrected chi connectivity index (χ0v) is 9.76. The Kier molecular flexibility index (Phi) is 2.79. The van der Waals surface area contributed by atoms with Crippen molar-refractivity contribution in [3.05, 3.63) is 42.1 Å². The minimum Gasteiger partial charge on any atom is -0.271 e. The first-order valence-electron chi connectivity index (χ1n) is 6.17. The Morgan fingerprint density at radius 3 is 3.00 bits per heavy atom. The molecule has 2 aromatic rings. The highest BCUT2D eigenvalue weighted by atomic mass is 15.2.